The predicted molar refractivity (Wildman–Crippen MR) is 75.2 cm³/mol. The van der Waals surface area contributed by atoms with Gasteiger partial charge in [-0.2, -0.15) is 4.98 Å². The molecule has 0 amide bonds. The Bertz CT molecular complexity index is 737. The first kappa shape index (κ1) is 12.8. The molecule has 0 bridgehead atoms. The normalized spacial score (nSPS) is 10.7. The third-order valence-corrected chi connectivity index (χ3v) is 3.17. The van der Waals surface area contributed by atoms with E-state index in [2.05, 4.69) is 20.1 Å². The molecule has 20 heavy (non-hydrogen) atoms. The molecule has 3 rings (SSSR count). The molecule has 3 aromatic rings. The lowest BCUT2D eigenvalue weighted by Crippen LogP contribution is -1.89. The molecule has 8 heteroatoms. The Kier molecular flexibility index (Phi) is 3.25. The minimum absolute atomic E-state index is 0.273. The number of benzene rings is 1. The first-order valence-corrected chi connectivity index (χ1v) is 6.25. The first-order chi connectivity index (χ1) is 9.65. The average molecular weight is 308 g/mol. The number of nitrogen functional groups attached to an aromatic ring is 1. The van der Waals surface area contributed by atoms with Crippen molar-refractivity contribution in [3.05, 3.63) is 40.8 Å². The van der Waals surface area contributed by atoms with E-state index in [4.69, 9.17) is 33.5 Å². The third kappa shape index (κ3) is 2.31. The molecule has 2 heterocycles. The van der Waals surface area contributed by atoms with E-state index in [1.165, 1.54) is 6.20 Å². The van der Waals surface area contributed by atoms with Crippen LogP contribution in [0.25, 0.3) is 23.0 Å². The van der Waals surface area contributed by atoms with E-state index >= 15 is 0 Å². The number of anilines is 1. The van der Waals surface area contributed by atoms with E-state index in [9.17, 15) is 0 Å². The Morgan fingerprint density at radius 1 is 1.10 bits per heavy atom. The van der Waals surface area contributed by atoms with Crippen molar-refractivity contribution in [1.29, 1.82) is 0 Å². The average Bonchev–Trinajstić information content (AvgIpc) is 2.95. The van der Waals surface area contributed by atoms with Crippen LogP contribution in [0.2, 0.25) is 10.0 Å². The van der Waals surface area contributed by atoms with Gasteiger partial charge >= 0.3 is 0 Å². The van der Waals surface area contributed by atoms with Crippen LogP contribution in [0, 0.1) is 0 Å². The molecule has 0 atom stereocenters. The van der Waals surface area contributed by atoms with Gasteiger partial charge in [-0.3, -0.25) is 4.98 Å². The second-order valence-electron chi connectivity index (χ2n) is 3.87. The zero-order chi connectivity index (χ0) is 14.1. The van der Waals surface area contributed by atoms with Crippen LogP contribution in [0.15, 0.2) is 35.2 Å². The minimum atomic E-state index is 0.273. The molecule has 0 fully saturated rings. The quantitative estimate of drug-likeness (QED) is 0.732. The van der Waals surface area contributed by atoms with Crippen molar-refractivity contribution in [3.8, 4) is 23.0 Å². The maximum Gasteiger partial charge on any atom is 0.258 e. The molecule has 100 valence electrons. The van der Waals surface area contributed by atoms with Crippen LogP contribution >= 0.6 is 23.2 Å². The summed E-state index contributed by atoms with van der Waals surface area (Å²) in [5.41, 5.74) is 7.08. The van der Waals surface area contributed by atoms with Gasteiger partial charge in [-0.05, 0) is 12.1 Å². The topological polar surface area (TPSA) is 90.7 Å². The highest BCUT2D eigenvalue weighted by Gasteiger charge is 2.14. The van der Waals surface area contributed by atoms with Crippen molar-refractivity contribution in [2.75, 3.05) is 5.73 Å². The fourth-order valence-corrected chi connectivity index (χ4v) is 2.05. The lowest BCUT2D eigenvalue weighted by Gasteiger charge is -2.02. The van der Waals surface area contributed by atoms with Crippen LogP contribution in [-0.4, -0.2) is 20.1 Å². The van der Waals surface area contributed by atoms with Gasteiger partial charge in [0.05, 0.1) is 21.9 Å². The minimum Gasteiger partial charge on any atom is -0.396 e. The smallest absolute Gasteiger partial charge is 0.258 e. The van der Waals surface area contributed by atoms with Crippen LogP contribution in [0.5, 0.6) is 0 Å². The summed E-state index contributed by atoms with van der Waals surface area (Å²) in [6, 6.07) is 3.22. The number of hydrogen-bond acceptors (Lipinski definition) is 6. The zero-order valence-electron chi connectivity index (χ0n) is 9.92. The number of aromatic nitrogens is 4. The SMILES string of the molecule is Nc1c(Cl)cc(-c2nc(-c3cnccn3)no2)cc1Cl. The number of nitrogens with two attached hydrogens (primary N) is 1. The largest absolute Gasteiger partial charge is 0.396 e. The number of halogens is 2. The third-order valence-electron chi connectivity index (χ3n) is 2.54. The molecule has 2 N–H and O–H groups in total. The highest BCUT2D eigenvalue weighted by molar-refractivity contribution is 6.39. The second-order valence-corrected chi connectivity index (χ2v) is 4.68. The molecular weight excluding hydrogens is 301 g/mol. The van der Waals surface area contributed by atoms with Crippen molar-refractivity contribution < 1.29 is 4.52 Å². The van der Waals surface area contributed by atoms with Crippen LogP contribution < -0.4 is 5.73 Å². The van der Waals surface area contributed by atoms with Gasteiger partial charge in [0, 0.05) is 18.0 Å². The van der Waals surface area contributed by atoms with Gasteiger partial charge in [-0.15, -0.1) is 0 Å². The Morgan fingerprint density at radius 3 is 2.50 bits per heavy atom. The van der Waals surface area contributed by atoms with Gasteiger partial charge in [-0.25, -0.2) is 4.98 Å². The molecule has 0 aliphatic heterocycles. The Morgan fingerprint density at radius 2 is 1.85 bits per heavy atom. The van der Waals surface area contributed by atoms with Gasteiger partial charge in [0.1, 0.15) is 5.69 Å². The van der Waals surface area contributed by atoms with Gasteiger partial charge in [-0.1, -0.05) is 28.4 Å². The van der Waals surface area contributed by atoms with E-state index in [1.54, 1.807) is 24.5 Å². The lowest BCUT2D eigenvalue weighted by molar-refractivity contribution is 0.432. The van der Waals surface area contributed by atoms with E-state index < -0.39 is 0 Å². The van der Waals surface area contributed by atoms with Crippen molar-refractivity contribution in [2.24, 2.45) is 0 Å². The molecular formula is C12H7Cl2N5O. The van der Waals surface area contributed by atoms with Crippen molar-refractivity contribution >= 4 is 28.9 Å². The Labute approximate surface area is 123 Å². The monoisotopic (exact) mass is 307 g/mol. The van der Waals surface area contributed by atoms with Crippen LogP contribution in [0.1, 0.15) is 0 Å². The van der Waals surface area contributed by atoms with E-state index in [1.807, 2.05) is 0 Å². The van der Waals surface area contributed by atoms with Gasteiger partial charge in [0.2, 0.25) is 5.82 Å². The summed E-state index contributed by atoms with van der Waals surface area (Å²) in [6.07, 6.45) is 4.64. The Hall–Kier alpha value is -2.18. The predicted octanol–water partition coefficient (Wildman–Crippen LogP) is 3.08. The summed E-state index contributed by atoms with van der Waals surface area (Å²) in [6.45, 7) is 0. The lowest BCUT2D eigenvalue weighted by atomic mass is 10.2. The van der Waals surface area contributed by atoms with Gasteiger partial charge in [0.25, 0.3) is 5.89 Å². The molecule has 0 unspecified atom stereocenters. The van der Waals surface area contributed by atoms with E-state index in [0.29, 0.717) is 32.8 Å². The fraction of sp³-hybridized carbons (Fsp3) is 0. The first-order valence-electron chi connectivity index (χ1n) is 5.50. The molecule has 0 radical (unpaired) electrons. The highest BCUT2D eigenvalue weighted by atomic mass is 35.5. The summed E-state index contributed by atoms with van der Waals surface area (Å²) in [4.78, 5) is 12.2. The number of nitrogens with zero attached hydrogens (tertiary/aromatic N) is 4. The molecule has 6 nitrogen and oxygen atoms in total. The van der Waals surface area contributed by atoms with Crippen LogP contribution in [0.4, 0.5) is 5.69 Å². The van der Waals surface area contributed by atoms with Crippen LogP contribution in [0.3, 0.4) is 0 Å². The molecule has 0 saturated carbocycles. The fourth-order valence-electron chi connectivity index (χ4n) is 1.57. The molecule has 2 aromatic heterocycles. The van der Waals surface area contributed by atoms with Gasteiger partial charge < -0.3 is 10.3 Å². The number of hydrogen-bond donors (Lipinski definition) is 1. The van der Waals surface area contributed by atoms with Crippen molar-refractivity contribution in [2.45, 2.75) is 0 Å². The van der Waals surface area contributed by atoms with E-state index in [-0.39, 0.29) is 5.89 Å². The molecule has 0 saturated heterocycles. The molecule has 0 aliphatic rings. The van der Waals surface area contributed by atoms with Crippen molar-refractivity contribution in [3.63, 3.8) is 0 Å². The highest BCUT2D eigenvalue weighted by Crippen LogP contribution is 2.33. The number of rotatable bonds is 2. The second kappa shape index (κ2) is 5.07. The standard InChI is InChI=1S/C12H7Cl2N5O/c13-7-3-6(4-8(14)10(7)15)12-18-11(19-20-12)9-5-16-1-2-17-9/h1-5H,15H2. The van der Waals surface area contributed by atoms with E-state index in [0.717, 1.165) is 0 Å². The summed E-state index contributed by atoms with van der Waals surface area (Å²) >= 11 is 11.9. The molecule has 1 aromatic carbocycles. The summed E-state index contributed by atoms with van der Waals surface area (Å²) in [5, 5.41) is 4.49. The summed E-state index contributed by atoms with van der Waals surface area (Å²) in [7, 11) is 0. The Balaban J connectivity index is 2.03. The summed E-state index contributed by atoms with van der Waals surface area (Å²) in [5.74, 6) is 0.603. The van der Waals surface area contributed by atoms with Crippen LogP contribution in [-0.2, 0) is 0 Å². The maximum atomic E-state index is 5.97. The zero-order valence-corrected chi connectivity index (χ0v) is 11.4. The van der Waals surface area contributed by atoms with Gasteiger partial charge in [0.15, 0.2) is 0 Å². The summed E-state index contributed by atoms with van der Waals surface area (Å²) < 4.78 is 5.17. The maximum absolute atomic E-state index is 5.97. The molecule has 0 spiro atoms. The molecule has 0 aliphatic carbocycles. The van der Waals surface area contributed by atoms with Crippen molar-refractivity contribution in [1.82, 2.24) is 20.1 Å².